The van der Waals surface area contributed by atoms with Crippen molar-refractivity contribution >= 4 is 15.9 Å². The number of sulfonamides is 1. The molecule has 1 saturated heterocycles. The maximum Gasteiger partial charge on any atom is 0.240 e. The van der Waals surface area contributed by atoms with E-state index < -0.39 is 10.0 Å². The molecule has 1 aliphatic rings. The standard InChI is InChI=1S/C18H29N3O4S/c1-20(2)12-5-15-25-16-7-9-17(10-8-16)26(23,24)19-11-4-14-21-13-3-6-18(21)22/h7-10,19H,3-6,11-15H2,1-2H3. The van der Waals surface area contributed by atoms with E-state index in [1.54, 1.807) is 29.2 Å². The van der Waals surface area contributed by atoms with Gasteiger partial charge >= 0.3 is 0 Å². The van der Waals surface area contributed by atoms with Crippen molar-refractivity contribution in [2.45, 2.75) is 30.6 Å². The van der Waals surface area contributed by atoms with Gasteiger partial charge in [0.1, 0.15) is 5.75 Å². The van der Waals surface area contributed by atoms with Crippen LogP contribution in [0.4, 0.5) is 0 Å². The second-order valence-corrected chi connectivity index (χ2v) is 8.48. The Labute approximate surface area is 156 Å². The molecule has 0 aliphatic carbocycles. The van der Waals surface area contributed by atoms with Gasteiger partial charge in [-0.2, -0.15) is 0 Å². The van der Waals surface area contributed by atoms with Crippen LogP contribution >= 0.6 is 0 Å². The van der Waals surface area contributed by atoms with Gasteiger partial charge in [0.25, 0.3) is 0 Å². The first kappa shape index (κ1) is 20.7. The summed E-state index contributed by atoms with van der Waals surface area (Å²) in [5, 5.41) is 0. The molecule has 0 atom stereocenters. The molecule has 1 aromatic rings. The predicted octanol–water partition coefficient (Wildman–Crippen LogP) is 1.31. The molecule has 7 nitrogen and oxygen atoms in total. The Balaban J connectivity index is 1.74. The molecule has 146 valence electrons. The second-order valence-electron chi connectivity index (χ2n) is 6.71. The van der Waals surface area contributed by atoms with Crippen LogP contribution < -0.4 is 9.46 Å². The van der Waals surface area contributed by atoms with Crippen molar-refractivity contribution in [1.82, 2.24) is 14.5 Å². The van der Waals surface area contributed by atoms with E-state index in [0.29, 0.717) is 38.3 Å². The molecule has 1 aromatic carbocycles. The van der Waals surface area contributed by atoms with Crippen LogP contribution in [0, 0.1) is 0 Å². The van der Waals surface area contributed by atoms with Crippen LogP contribution in [-0.4, -0.2) is 71.0 Å². The molecular weight excluding hydrogens is 354 g/mol. The highest BCUT2D eigenvalue weighted by Crippen LogP contribution is 2.16. The molecule has 0 radical (unpaired) electrons. The third kappa shape index (κ3) is 6.59. The molecular formula is C18H29N3O4S. The van der Waals surface area contributed by atoms with Crippen molar-refractivity contribution in [3.8, 4) is 5.75 Å². The fourth-order valence-electron chi connectivity index (χ4n) is 2.79. The van der Waals surface area contributed by atoms with Crippen LogP contribution in [-0.2, 0) is 14.8 Å². The van der Waals surface area contributed by atoms with Gasteiger partial charge in [-0.05, 0) is 57.6 Å². The average molecular weight is 384 g/mol. The first-order valence-electron chi connectivity index (χ1n) is 9.03. The van der Waals surface area contributed by atoms with E-state index in [9.17, 15) is 13.2 Å². The zero-order valence-electron chi connectivity index (χ0n) is 15.6. The summed E-state index contributed by atoms with van der Waals surface area (Å²) in [7, 11) is 0.481. The zero-order valence-corrected chi connectivity index (χ0v) is 16.4. The third-order valence-corrected chi connectivity index (χ3v) is 5.70. The van der Waals surface area contributed by atoms with E-state index >= 15 is 0 Å². The predicted molar refractivity (Wildman–Crippen MR) is 101 cm³/mol. The number of hydrogen-bond donors (Lipinski definition) is 1. The van der Waals surface area contributed by atoms with Gasteiger partial charge in [-0.1, -0.05) is 0 Å². The van der Waals surface area contributed by atoms with Crippen LogP contribution in [0.2, 0.25) is 0 Å². The summed E-state index contributed by atoms with van der Waals surface area (Å²) in [5.41, 5.74) is 0. The van der Waals surface area contributed by atoms with Crippen molar-refractivity contribution in [3.63, 3.8) is 0 Å². The Hall–Kier alpha value is -1.64. The van der Waals surface area contributed by atoms with E-state index in [-0.39, 0.29) is 10.8 Å². The summed E-state index contributed by atoms with van der Waals surface area (Å²) in [5.74, 6) is 0.823. The number of carbonyl (C=O) groups excluding carboxylic acids is 1. The van der Waals surface area contributed by atoms with Crippen LogP contribution in [0.25, 0.3) is 0 Å². The van der Waals surface area contributed by atoms with Gasteiger partial charge in [-0.15, -0.1) is 0 Å². The molecule has 0 aromatic heterocycles. The van der Waals surface area contributed by atoms with Gasteiger partial charge in [-0.25, -0.2) is 13.1 Å². The molecule has 8 heteroatoms. The van der Waals surface area contributed by atoms with Crippen LogP contribution in [0.1, 0.15) is 25.7 Å². The second kappa shape index (κ2) is 9.89. The van der Waals surface area contributed by atoms with Gasteiger partial charge in [0.15, 0.2) is 0 Å². The van der Waals surface area contributed by atoms with E-state index in [1.165, 1.54) is 0 Å². The number of carbonyl (C=O) groups is 1. The van der Waals surface area contributed by atoms with E-state index in [0.717, 1.165) is 25.9 Å². The average Bonchev–Trinajstić information content (AvgIpc) is 3.01. The lowest BCUT2D eigenvalue weighted by atomic mass is 10.3. The number of ether oxygens (including phenoxy) is 1. The molecule has 26 heavy (non-hydrogen) atoms. The number of benzene rings is 1. The summed E-state index contributed by atoms with van der Waals surface area (Å²) in [6.07, 6.45) is 3.02. The normalized spacial score (nSPS) is 15.0. The summed E-state index contributed by atoms with van der Waals surface area (Å²) < 4.78 is 32.8. The zero-order chi connectivity index (χ0) is 19.0. The summed E-state index contributed by atoms with van der Waals surface area (Å²) in [6.45, 7) is 3.23. The number of amides is 1. The molecule has 1 fully saturated rings. The monoisotopic (exact) mass is 383 g/mol. The van der Waals surface area contributed by atoms with Crippen molar-refractivity contribution in [1.29, 1.82) is 0 Å². The summed E-state index contributed by atoms with van der Waals surface area (Å²) in [4.78, 5) is 15.6. The van der Waals surface area contributed by atoms with E-state index in [4.69, 9.17) is 4.74 Å². The SMILES string of the molecule is CN(C)CCCOc1ccc(S(=O)(=O)NCCCN2CCCC2=O)cc1. The molecule has 0 bridgehead atoms. The molecule has 0 saturated carbocycles. The van der Waals surface area contributed by atoms with Crippen molar-refractivity contribution in [3.05, 3.63) is 24.3 Å². The molecule has 1 N–H and O–H groups in total. The van der Waals surface area contributed by atoms with Crippen molar-refractivity contribution in [2.24, 2.45) is 0 Å². The van der Waals surface area contributed by atoms with Gasteiger partial charge in [0.2, 0.25) is 15.9 Å². The lowest BCUT2D eigenvalue weighted by molar-refractivity contribution is -0.127. The molecule has 0 unspecified atom stereocenters. The number of hydrogen-bond acceptors (Lipinski definition) is 5. The topological polar surface area (TPSA) is 79.0 Å². The van der Waals surface area contributed by atoms with Crippen molar-refractivity contribution in [2.75, 3.05) is 46.9 Å². The lowest BCUT2D eigenvalue weighted by Crippen LogP contribution is -2.30. The summed E-state index contributed by atoms with van der Waals surface area (Å²) >= 11 is 0. The first-order valence-corrected chi connectivity index (χ1v) is 10.5. The Bertz CT molecular complexity index is 674. The molecule has 0 spiro atoms. The van der Waals surface area contributed by atoms with E-state index in [1.807, 2.05) is 14.1 Å². The maximum absolute atomic E-state index is 12.3. The summed E-state index contributed by atoms with van der Waals surface area (Å²) in [6, 6.07) is 6.45. The Morgan fingerprint density at radius 2 is 1.92 bits per heavy atom. The minimum atomic E-state index is -3.54. The smallest absolute Gasteiger partial charge is 0.240 e. The highest BCUT2D eigenvalue weighted by molar-refractivity contribution is 7.89. The van der Waals surface area contributed by atoms with Gasteiger partial charge in [-0.3, -0.25) is 4.79 Å². The third-order valence-electron chi connectivity index (χ3n) is 4.22. The highest BCUT2D eigenvalue weighted by Gasteiger charge is 2.19. The number of nitrogens with one attached hydrogen (secondary N) is 1. The van der Waals surface area contributed by atoms with Crippen molar-refractivity contribution < 1.29 is 17.9 Å². The minimum absolute atomic E-state index is 0.161. The fourth-order valence-corrected chi connectivity index (χ4v) is 3.86. The number of rotatable bonds is 11. The quantitative estimate of drug-likeness (QED) is 0.583. The molecule has 2 rings (SSSR count). The van der Waals surface area contributed by atoms with Crippen LogP contribution in [0.5, 0.6) is 5.75 Å². The Morgan fingerprint density at radius 3 is 2.54 bits per heavy atom. The fraction of sp³-hybridized carbons (Fsp3) is 0.611. The Morgan fingerprint density at radius 1 is 1.19 bits per heavy atom. The number of likely N-dealkylation sites (tertiary alicyclic amines) is 1. The molecule has 1 heterocycles. The highest BCUT2D eigenvalue weighted by atomic mass is 32.2. The van der Waals surface area contributed by atoms with E-state index in [2.05, 4.69) is 9.62 Å². The maximum atomic E-state index is 12.3. The van der Waals surface area contributed by atoms with Crippen LogP contribution in [0.3, 0.4) is 0 Å². The molecule has 1 aliphatic heterocycles. The van der Waals surface area contributed by atoms with Gasteiger partial charge in [0, 0.05) is 32.6 Å². The van der Waals surface area contributed by atoms with Gasteiger partial charge < -0.3 is 14.5 Å². The number of nitrogens with zero attached hydrogens (tertiary/aromatic N) is 2. The molecule has 1 amide bonds. The van der Waals surface area contributed by atoms with Gasteiger partial charge in [0.05, 0.1) is 11.5 Å². The lowest BCUT2D eigenvalue weighted by Gasteiger charge is -2.15. The first-order chi connectivity index (χ1) is 12.4. The minimum Gasteiger partial charge on any atom is -0.494 e. The van der Waals surface area contributed by atoms with Crippen LogP contribution in [0.15, 0.2) is 29.2 Å². The largest absolute Gasteiger partial charge is 0.494 e. The Kier molecular flexibility index (Phi) is 7.86.